The molecule has 0 atom stereocenters. The van der Waals surface area contributed by atoms with Crippen LogP contribution in [-0.4, -0.2) is 24.3 Å². The average molecular weight is 304 g/mol. The highest BCUT2D eigenvalue weighted by Gasteiger charge is 2.44. The topological polar surface area (TPSA) is 55.8 Å². The number of para-hydroxylation sites is 1. The first-order valence-electron chi connectivity index (χ1n) is 8.25. The summed E-state index contributed by atoms with van der Waals surface area (Å²) in [5, 5.41) is 9.94. The van der Waals surface area contributed by atoms with Crippen LogP contribution in [0.5, 0.6) is 11.5 Å². The third-order valence-corrected chi connectivity index (χ3v) is 5.17. The summed E-state index contributed by atoms with van der Waals surface area (Å²) in [6.45, 7) is 0. The molecule has 0 unspecified atom stereocenters. The first-order chi connectivity index (χ1) is 10.7. The number of hydrogen-bond acceptors (Lipinski definition) is 3. The van der Waals surface area contributed by atoms with E-state index in [1.165, 1.54) is 6.42 Å². The van der Waals surface area contributed by atoms with Crippen LogP contribution in [0.25, 0.3) is 0 Å². The van der Waals surface area contributed by atoms with Crippen molar-refractivity contribution in [2.24, 2.45) is 0 Å². The number of rotatable bonds is 5. The van der Waals surface area contributed by atoms with E-state index in [9.17, 15) is 9.90 Å². The summed E-state index contributed by atoms with van der Waals surface area (Å²) in [6.07, 6.45) is 7.82. The van der Waals surface area contributed by atoms with Crippen LogP contribution in [0.15, 0.2) is 18.2 Å². The van der Waals surface area contributed by atoms with Crippen LogP contribution in [0.4, 0.5) is 0 Å². The van der Waals surface area contributed by atoms with Crippen LogP contribution in [-0.2, 0) is 10.2 Å². The van der Waals surface area contributed by atoms with E-state index in [-0.39, 0.29) is 6.10 Å². The minimum absolute atomic E-state index is 0.199. The Kier molecular flexibility index (Phi) is 4.27. The Bertz CT molecular complexity index is 542. The van der Waals surface area contributed by atoms with Gasteiger partial charge in [0.05, 0.1) is 18.6 Å². The normalized spacial score (nSPS) is 21.0. The van der Waals surface area contributed by atoms with Crippen LogP contribution in [0.1, 0.15) is 56.9 Å². The summed E-state index contributed by atoms with van der Waals surface area (Å²) in [7, 11) is 1.61. The predicted octanol–water partition coefficient (Wildman–Crippen LogP) is 3.91. The van der Waals surface area contributed by atoms with Gasteiger partial charge >= 0.3 is 5.97 Å². The van der Waals surface area contributed by atoms with Gasteiger partial charge in [-0.2, -0.15) is 0 Å². The molecule has 1 aromatic carbocycles. The van der Waals surface area contributed by atoms with E-state index in [4.69, 9.17) is 9.47 Å². The summed E-state index contributed by atoms with van der Waals surface area (Å²) < 4.78 is 11.6. The van der Waals surface area contributed by atoms with Gasteiger partial charge in [0.25, 0.3) is 0 Å². The van der Waals surface area contributed by atoms with Crippen molar-refractivity contribution >= 4 is 5.97 Å². The number of aliphatic carboxylic acids is 1. The van der Waals surface area contributed by atoms with Crippen LogP contribution in [0, 0.1) is 0 Å². The molecule has 0 amide bonds. The maximum atomic E-state index is 12.1. The lowest BCUT2D eigenvalue weighted by Crippen LogP contribution is -2.39. The van der Waals surface area contributed by atoms with Gasteiger partial charge in [0.2, 0.25) is 0 Å². The Morgan fingerprint density at radius 2 is 1.91 bits per heavy atom. The Morgan fingerprint density at radius 1 is 1.18 bits per heavy atom. The molecule has 0 saturated heterocycles. The number of carboxylic acid groups (broad SMARTS) is 1. The van der Waals surface area contributed by atoms with Crippen LogP contribution >= 0.6 is 0 Å². The molecule has 4 heteroatoms. The number of carbonyl (C=O) groups is 1. The molecule has 2 fully saturated rings. The predicted molar refractivity (Wildman–Crippen MR) is 83.7 cm³/mol. The molecule has 0 heterocycles. The van der Waals surface area contributed by atoms with Gasteiger partial charge in [-0.05, 0) is 38.2 Å². The molecule has 2 aliphatic carbocycles. The molecular formula is C18H24O4. The number of ether oxygens (including phenoxy) is 2. The fourth-order valence-electron chi connectivity index (χ4n) is 3.58. The van der Waals surface area contributed by atoms with E-state index in [0.717, 1.165) is 37.7 Å². The number of methoxy groups -OCH3 is 1. The summed E-state index contributed by atoms with van der Waals surface area (Å²) in [5.41, 5.74) is -0.0303. The molecule has 1 aromatic rings. The van der Waals surface area contributed by atoms with Gasteiger partial charge in [0.15, 0.2) is 11.5 Å². The number of carboxylic acids is 1. The molecule has 0 aliphatic heterocycles. The summed E-state index contributed by atoms with van der Waals surface area (Å²) in [5.74, 6) is 0.563. The molecule has 0 bridgehead atoms. The molecule has 1 N–H and O–H groups in total. The van der Waals surface area contributed by atoms with Gasteiger partial charge in [-0.1, -0.05) is 31.4 Å². The average Bonchev–Trinajstić information content (AvgIpc) is 2.51. The van der Waals surface area contributed by atoms with E-state index in [1.807, 2.05) is 18.2 Å². The van der Waals surface area contributed by atoms with E-state index in [0.29, 0.717) is 24.3 Å². The molecule has 0 radical (unpaired) electrons. The van der Waals surface area contributed by atoms with Crippen molar-refractivity contribution in [3.8, 4) is 11.5 Å². The summed E-state index contributed by atoms with van der Waals surface area (Å²) in [6, 6.07) is 5.65. The smallest absolute Gasteiger partial charge is 0.314 e. The second-order valence-electron chi connectivity index (χ2n) is 6.46. The van der Waals surface area contributed by atoms with Crippen molar-refractivity contribution in [2.45, 2.75) is 62.9 Å². The Labute approximate surface area is 131 Å². The Hall–Kier alpha value is -1.71. The quantitative estimate of drug-likeness (QED) is 0.896. The maximum absolute atomic E-state index is 12.1. The second-order valence-corrected chi connectivity index (χ2v) is 6.46. The zero-order valence-electron chi connectivity index (χ0n) is 13.1. The van der Waals surface area contributed by atoms with Crippen molar-refractivity contribution in [3.05, 3.63) is 23.8 Å². The molecular weight excluding hydrogens is 280 g/mol. The van der Waals surface area contributed by atoms with Crippen molar-refractivity contribution in [3.63, 3.8) is 0 Å². The van der Waals surface area contributed by atoms with Crippen molar-refractivity contribution < 1.29 is 19.4 Å². The lowest BCUT2D eigenvalue weighted by atomic mass is 9.69. The van der Waals surface area contributed by atoms with Gasteiger partial charge < -0.3 is 14.6 Å². The van der Waals surface area contributed by atoms with E-state index < -0.39 is 11.4 Å². The molecule has 120 valence electrons. The fraction of sp³-hybridized carbons (Fsp3) is 0.611. The SMILES string of the molecule is COc1cccc(C2(C(=O)O)CCCCC2)c1OC1CCC1. The lowest BCUT2D eigenvalue weighted by Gasteiger charge is -2.36. The maximum Gasteiger partial charge on any atom is 0.314 e. The zero-order chi connectivity index (χ0) is 15.6. The molecule has 2 saturated carbocycles. The third-order valence-electron chi connectivity index (χ3n) is 5.17. The fourth-order valence-corrected chi connectivity index (χ4v) is 3.58. The zero-order valence-corrected chi connectivity index (χ0v) is 13.1. The minimum atomic E-state index is -0.828. The van der Waals surface area contributed by atoms with E-state index >= 15 is 0 Å². The van der Waals surface area contributed by atoms with Crippen molar-refractivity contribution in [1.82, 2.24) is 0 Å². The Morgan fingerprint density at radius 3 is 2.45 bits per heavy atom. The monoisotopic (exact) mass is 304 g/mol. The van der Waals surface area contributed by atoms with Gasteiger partial charge in [-0.3, -0.25) is 4.79 Å². The molecule has 22 heavy (non-hydrogen) atoms. The highest BCUT2D eigenvalue weighted by molar-refractivity contribution is 5.83. The summed E-state index contributed by atoms with van der Waals surface area (Å²) >= 11 is 0. The Balaban J connectivity index is 2.04. The number of hydrogen-bond donors (Lipinski definition) is 1. The molecule has 4 nitrogen and oxygen atoms in total. The van der Waals surface area contributed by atoms with Gasteiger partial charge in [-0.25, -0.2) is 0 Å². The third kappa shape index (κ3) is 2.55. The van der Waals surface area contributed by atoms with Crippen molar-refractivity contribution in [2.75, 3.05) is 7.11 Å². The second kappa shape index (κ2) is 6.19. The highest BCUT2D eigenvalue weighted by Crippen LogP contribution is 2.47. The van der Waals surface area contributed by atoms with Crippen LogP contribution < -0.4 is 9.47 Å². The van der Waals surface area contributed by atoms with Gasteiger partial charge in [-0.15, -0.1) is 0 Å². The van der Waals surface area contributed by atoms with E-state index in [2.05, 4.69) is 0 Å². The van der Waals surface area contributed by atoms with Crippen LogP contribution in [0.3, 0.4) is 0 Å². The molecule has 3 rings (SSSR count). The largest absolute Gasteiger partial charge is 0.493 e. The summed E-state index contributed by atoms with van der Waals surface area (Å²) in [4.78, 5) is 12.1. The highest BCUT2D eigenvalue weighted by atomic mass is 16.5. The first kappa shape index (κ1) is 15.2. The molecule has 0 spiro atoms. The number of benzene rings is 1. The standard InChI is InChI=1S/C18H24O4/c1-21-15-10-6-9-14(16(15)22-13-7-5-8-13)18(17(19)20)11-3-2-4-12-18/h6,9-10,13H,2-5,7-8,11-12H2,1H3,(H,19,20). The van der Waals surface area contributed by atoms with Crippen molar-refractivity contribution in [1.29, 1.82) is 0 Å². The van der Waals surface area contributed by atoms with Crippen LogP contribution in [0.2, 0.25) is 0 Å². The molecule has 0 aromatic heterocycles. The first-order valence-corrected chi connectivity index (χ1v) is 8.25. The minimum Gasteiger partial charge on any atom is -0.493 e. The lowest BCUT2D eigenvalue weighted by molar-refractivity contribution is -0.145. The van der Waals surface area contributed by atoms with E-state index in [1.54, 1.807) is 7.11 Å². The van der Waals surface area contributed by atoms with Gasteiger partial charge in [0.1, 0.15) is 0 Å². The van der Waals surface area contributed by atoms with Gasteiger partial charge in [0, 0.05) is 5.56 Å². The molecule has 2 aliphatic rings.